The highest BCUT2D eigenvalue weighted by Crippen LogP contribution is 2.35. The van der Waals surface area contributed by atoms with Crippen LogP contribution in [-0.4, -0.2) is 79.6 Å². The fraction of sp³-hybridized carbons (Fsp3) is 0.615. The van der Waals surface area contributed by atoms with Gasteiger partial charge in [-0.05, 0) is 62.8 Å². The Labute approximate surface area is 211 Å². The number of benzene rings is 1. The molecule has 2 amide bonds. The lowest BCUT2D eigenvalue weighted by Crippen LogP contribution is -2.53. The number of methoxy groups -OCH3 is 1. The minimum Gasteiger partial charge on any atom is -0.493 e. The molecule has 2 aliphatic rings. The molecule has 0 bridgehead atoms. The summed E-state index contributed by atoms with van der Waals surface area (Å²) in [5.41, 5.74) is 0.445. The van der Waals surface area contributed by atoms with E-state index in [1.807, 2.05) is 31.7 Å². The van der Waals surface area contributed by atoms with Gasteiger partial charge in [0.05, 0.1) is 19.8 Å². The Morgan fingerprint density at radius 1 is 1.23 bits per heavy atom. The van der Waals surface area contributed by atoms with Crippen LogP contribution in [0.2, 0.25) is 0 Å². The number of fused-ring (bicyclic) bond motifs is 1. The molecular weight excluding hydrogens is 468 g/mol. The summed E-state index contributed by atoms with van der Waals surface area (Å²) < 4.78 is 23.7. The minimum absolute atomic E-state index is 0.0744. The topological polar surface area (TPSA) is 77.5 Å². The van der Waals surface area contributed by atoms with Crippen molar-refractivity contribution < 1.29 is 28.5 Å². The third-order valence-corrected chi connectivity index (χ3v) is 6.83. The maximum absolute atomic E-state index is 13.6. The number of ether oxygens (including phenoxy) is 4. The van der Waals surface area contributed by atoms with Gasteiger partial charge in [-0.15, -0.1) is 11.3 Å². The maximum Gasteiger partial charge on any atom is 0.410 e. The molecule has 2 fully saturated rings. The van der Waals surface area contributed by atoms with Gasteiger partial charge in [0, 0.05) is 49.4 Å². The molecule has 9 heteroatoms. The Morgan fingerprint density at radius 2 is 2.03 bits per heavy atom. The number of hydrogen-bond acceptors (Lipinski definition) is 7. The van der Waals surface area contributed by atoms with Crippen LogP contribution in [0.25, 0.3) is 10.1 Å². The highest BCUT2D eigenvalue weighted by atomic mass is 32.1. The Kier molecular flexibility index (Phi) is 8.19. The number of rotatable bonds is 9. The van der Waals surface area contributed by atoms with Crippen molar-refractivity contribution in [3.8, 4) is 5.75 Å². The fourth-order valence-corrected chi connectivity index (χ4v) is 5.00. The minimum atomic E-state index is -0.688. The van der Waals surface area contributed by atoms with Gasteiger partial charge in [-0.2, -0.15) is 0 Å². The molecule has 0 N–H and O–H groups in total. The lowest BCUT2D eigenvalue weighted by atomic mass is 10.1. The molecule has 1 aromatic heterocycles. The number of nitrogens with zero attached hydrogens (tertiary/aromatic N) is 2. The maximum atomic E-state index is 13.6. The zero-order chi connectivity index (χ0) is 25.0. The van der Waals surface area contributed by atoms with Gasteiger partial charge in [-0.3, -0.25) is 4.79 Å². The van der Waals surface area contributed by atoms with Crippen molar-refractivity contribution in [3.05, 3.63) is 29.1 Å². The van der Waals surface area contributed by atoms with E-state index in [2.05, 4.69) is 17.5 Å². The molecule has 1 atom stereocenters. The second-order valence-electron chi connectivity index (χ2n) is 10.1. The van der Waals surface area contributed by atoms with E-state index in [9.17, 15) is 9.59 Å². The van der Waals surface area contributed by atoms with Crippen LogP contribution in [0.3, 0.4) is 0 Å². The van der Waals surface area contributed by atoms with Gasteiger partial charge < -0.3 is 28.7 Å². The third kappa shape index (κ3) is 6.86. The molecule has 1 saturated heterocycles. The van der Waals surface area contributed by atoms with Gasteiger partial charge in [0.15, 0.2) is 6.10 Å². The Morgan fingerprint density at radius 3 is 2.74 bits per heavy atom. The summed E-state index contributed by atoms with van der Waals surface area (Å²) in [6, 6.07) is 6.45. The summed E-state index contributed by atoms with van der Waals surface area (Å²) in [7, 11) is 1.68. The molecule has 8 nitrogen and oxygen atoms in total. The first-order chi connectivity index (χ1) is 16.7. The van der Waals surface area contributed by atoms with Crippen LogP contribution in [0.4, 0.5) is 4.79 Å². The first-order valence-corrected chi connectivity index (χ1v) is 13.1. The predicted molar refractivity (Wildman–Crippen MR) is 135 cm³/mol. The van der Waals surface area contributed by atoms with E-state index in [0.29, 0.717) is 32.9 Å². The largest absolute Gasteiger partial charge is 0.493 e. The van der Waals surface area contributed by atoms with E-state index in [4.69, 9.17) is 18.9 Å². The Balaban J connectivity index is 1.46. The third-order valence-electron chi connectivity index (χ3n) is 5.96. The summed E-state index contributed by atoms with van der Waals surface area (Å²) in [4.78, 5) is 29.6. The van der Waals surface area contributed by atoms with Crippen LogP contribution in [0.5, 0.6) is 5.75 Å². The first kappa shape index (κ1) is 25.7. The van der Waals surface area contributed by atoms with Crippen molar-refractivity contribution in [2.24, 2.45) is 0 Å². The molecule has 0 radical (unpaired) electrons. The lowest BCUT2D eigenvalue weighted by molar-refractivity contribution is -0.150. The number of carbonyl (C=O) groups excluding carboxylic acids is 2. The summed E-state index contributed by atoms with van der Waals surface area (Å²) in [6.07, 6.45) is 1.68. The molecule has 0 spiro atoms. The van der Waals surface area contributed by atoms with Gasteiger partial charge in [0.1, 0.15) is 11.4 Å². The number of morpholine rings is 1. The number of thiophene rings is 1. The van der Waals surface area contributed by atoms with Crippen LogP contribution < -0.4 is 4.74 Å². The zero-order valence-corrected chi connectivity index (χ0v) is 21.9. The lowest BCUT2D eigenvalue weighted by Gasteiger charge is -2.36. The van der Waals surface area contributed by atoms with E-state index < -0.39 is 17.8 Å². The fourth-order valence-electron chi connectivity index (χ4n) is 4.13. The van der Waals surface area contributed by atoms with Crippen molar-refractivity contribution >= 4 is 33.4 Å². The number of amides is 2. The summed E-state index contributed by atoms with van der Waals surface area (Å²) in [5.74, 6) is 0.762. The summed E-state index contributed by atoms with van der Waals surface area (Å²) in [5, 5.41) is 3.14. The van der Waals surface area contributed by atoms with Gasteiger partial charge in [0.25, 0.3) is 5.91 Å². The van der Waals surface area contributed by atoms with Crippen molar-refractivity contribution in [2.45, 2.75) is 64.3 Å². The average Bonchev–Trinajstić information content (AvgIpc) is 3.55. The van der Waals surface area contributed by atoms with Crippen LogP contribution in [0, 0.1) is 0 Å². The monoisotopic (exact) mass is 504 g/mol. The molecule has 0 unspecified atom stereocenters. The SMILES string of the molecule is COCCCOc1cc(CN(C(=O)[C@H]2CN(C(=O)OC(C)(C)C)CCO2)C2CC2)cc2sccc12. The van der Waals surface area contributed by atoms with Gasteiger partial charge >= 0.3 is 6.09 Å². The van der Waals surface area contributed by atoms with Gasteiger partial charge in [-0.25, -0.2) is 4.79 Å². The number of carbonyl (C=O) groups is 2. The van der Waals surface area contributed by atoms with E-state index in [-0.39, 0.29) is 18.5 Å². The molecule has 2 heterocycles. The molecular formula is C26H36N2O6S. The second-order valence-corrected chi connectivity index (χ2v) is 11.1. The molecule has 1 aliphatic carbocycles. The average molecular weight is 505 g/mol. The molecule has 35 heavy (non-hydrogen) atoms. The highest BCUT2D eigenvalue weighted by molar-refractivity contribution is 7.17. The van der Waals surface area contributed by atoms with Crippen molar-refractivity contribution in [3.63, 3.8) is 0 Å². The summed E-state index contributed by atoms with van der Waals surface area (Å²) in [6.45, 7) is 8.15. The molecule has 192 valence electrons. The van der Waals surface area contributed by atoms with Crippen LogP contribution in [-0.2, 0) is 25.5 Å². The first-order valence-electron chi connectivity index (χ1n) is 12.3. The molecule has 1 aliphatic heterocycles. The number of hydrogen-bond donors (Lipinski definition) is 0. The summed E-state index contributed by atoms with van der Waals surface area (Å²) >= 11 is 1.66. The van der Waals surface area contributed by atoms with E-state index in [0.717, 1.165) is 40.7 Å². The van der Waals surface area contributed by atoms with Crippen molar-refractivity contribution in [1.29, 1.82) is 0 Å². The van der Waals surface area contributed by atoms with E-state index in [1.54, 1.807) is 23.3 Å². The normalized spacial score (nSPS) is 18.5. The van der Waals surface area contributed by atoms with Crippen molar-refractivity contribution in [2.75, 3.05) is 40.0 Å². The molecule has 1 aromatic carbocycles. The Bertz CT molecular complexity index is 1030. The van der Waals surface area contributed by atoms with Crippen LogP contribution >= 0.6 is 11.3 Å². The smallest absolute Gasteiger partial charge is 0.410 e. The van der Waals surface area contributed by atoms with Crippen LogP contribution in [0.15, 0.2) is 23.6 Å². The standard InChI is InChI=1S/C26H36N2O6S/c1-26(2,3)34-25(30)27-9-12-33-22(17-27)24(29)28(19-6-7-19)16-18-14-21(32-11-5-10-31-4)20-8-13-35-23(20)15-18/h8,13-15,19,22H,5-7,9-12,16-17H2,1-4H3/t22-/m1/s1. The second kappa shape index (κ2) is 11.1. The molecule has 2 aromatic rings. The zero-order valence-electron chi connectivity index (χ0n) is 21.1. The molecule has 1 saturated carbocycles. The Hall–Kier alpha value is -2.36. The molecule has 4 rings (SSSR count). The quantitative estimate of drug-likeness (QED) is 0.470. The van der Waals surface area contributed by atoms with Crippen molar-refractivity contribution in [1.82, 2.24) is 9.80 Å². The predicted octanol–water partition coefficient (Wildman–Crippen LogP) is 4.44. The van der Waals surface area contributed by atoms with Crippen LogP contribution in [0.1, 0.15) is 45.6 Å². The van der Waals surface area contributed by atoms with E-state index >= 15 is 0 Å². The van der Waals surface area contributed by atoms with E-state index in [1.165, 1.54) is 0 Å². The van der Waals surface area contributed by atoms with Gasteiger partial charge in [-0.1, -0.05) is 0 Å². The van der Waals surface area contributed by atoms with Gasteiger partial charge in [0.2, 0.25) is 0 Å². The highest BCUT2D eigenvalue weighted by Gasteiger charge is 2.39.